The molecule has 4 heterocycles. The molecule has 10 rings (SSSR count). The zero-order valence-electron chi connectivity index (χ0n) is 19.7. The van der Waals surface area contributed by atoms with Gasteiger partial charge in [0.05, 0.1) is 11.0 Å². The zero-order chi connectivity index (χ0) is 23.3. The predicted octanol–water partition coefficient (Wildman–Crippen LogP) is 6.74. The number of hydrogen-bond acceptors (Lipinski definition) is 0. The molecule has 3 heteroatoms. The van der Waals surface area contributed by atoms with Crippen molar-refractivity contribution < 1.29 is 0 Å². The van der Waals surface area contributed by atoms with Gasteiger partial charge in [-0.2, -0.15) is 0 Å². The van der Waals surface area contributed by atoms with E-state index in [9.17, 15) is 0 Å². The van der Waals surface area contributed by atoms with E-state index in [1.165, 1.54) is 87.7 Å². The van der Waals surface area contributed by atoms with Gasteiger partial charge in [-0.25, -0.2) is 0 Å². The van der Waals surface area contributed by atoms with Gasteiger partial charge in [-0.3, -0.25) is 0 Å². The van der Waals surface area contributed by atoms with E-state index in [1.54, 1.807) is 0 Å². The first kappa shape index (κ1) is 17.9. The monoisotopic (exact) mass is 454 g/mol. The Bertz CT molecular complexity index is 2280. The third-order valence-corrected chi connectivity index (χ3v) is 8.97. The minimum absolute atomic E-state index is 0.146. The first-order valence-electron chi connectivity index (χ1n) is 12.8. The number of aromatic nitrogens is 2. The van der Waals surface area contributed by atoms with Gasteiger partial charge in [0.25, 0.3) is 0 Å². The van der Waals surface area contributed by atoms with Crippen LogP contribution in [0.15, 0.2) is 97.1 Å². The number of rotatable bonds is 0. The Morgan fingerprint density at radius 3 is 2.33 bits per heavy atom. The molecule has 0 unspecified atom stereocenters. The topological polar surface area (TPSA) is 9.86 Å². The highest BCUT2D eigenvalue weighted by Crippen LogP contribution is 2.45. The van der Waals surface area contributed by atoms with Gasteiger partial charge >= 0.3 is 6.85 Å². The molecular formula is C33H19BN2. The van der Waals surface area contributed by atoms with Crippen LogP contribution in [0.3, 0.4) is 0 Å². The lowest BCUT2D eigenvalue weighted by atomic mass is 9.45. The van der Waals surface area contributed by atoms with Crippen LogP contribution >= 0.6 is 0 Å². The average Bonchev–Trinajstić information content (AvgIpc) is 3.45. The molecule has 0 N–H and O–H groups in total. The van der Waals surface area contributed by atoms with Crippen LogP contribution in [0.5, 0.6) is 0 Å². The maximum atomic E-state index is 2.64. The summed E-state index contributed by atoms with van der Waals surface area (Å²) in [5.41, 5.74) is 13.6. The summed E-state index contributed by atoms with van der Waals surface area (Å²) in [6.07, 6.45) is 0. The van der Waals surface area contributed by atoms with Crippen molar-refractivity contribution in [3.05, 3.63) is 103 Å². The van der Waals surface area contributed by atoms with E-state index in [4.69, 9.17) is 0 Å². The normalized spacial score (nSPS) is 13.6. The highest BCUT2D eigenvalue weighted by atomic mass is 15.0. The van der Waals surface area contributed by atoms with Gasteiger partial charge in [0.2, 0.25) is 0 Å². The lowest BCUT2D eigenvalue weighted by Crippen LogP contribution is -2.55. The molecule has 0 spiro atoms. The standard InChI is InChI=1S/C33H19BN2/c1-18-12-17-27-31-28(18)23-9-5-8-22-21-7-2-3-10-25(21)36(32(22)23)34(31)24-16-15-20-14-13-19-6-4-11-26-29(19)30(20)33(24)35(26)27/h2-17H,1H3. The summed E-state index contributed by atoms with van der Waals surface area (Å²) in [5.74, 6) is 0. The molecule has 0 fully saturated rings. The van der Waals surface area contributed by atoms with Gasteiger partial charge in [-0.15, -0.1) is 0 Å². The maximum Gasteiger partial charge on any atom is 0.333 e. The van der Waals surface area contributed by atoms with Crippen LogP contribution in [-0.2, 0) is 0 Å². The number of hydrogen-bond donors (Lipinski definition) is 0. The van der Waals surface area contributed by atoms with Crippen molar-refractivity contribution in [3.8, 4) is 16.8 Å². The third kappa shape index (κ3) is 1.74. The molecule has 8 aromatic rings. The summed E-state index contributed by atoms with van der Waals surface area (Å²) in [6, 6.07) is 36.6. The van der Waals surface area contributed by atoms with Crippen molar-refractivity contribution in [3.63, 3.8) is 0 Å². The summed E-state index contributed by atoms with van der Waals surface area (Å²) in [7, 11) is 0. The molecule has 0 bridgehead atoms. The Morgan fingerprint density at radius 2 is 1.39 bits per heavy atom. The minimum atomic E-state index is 0.146. The van der Waals surface area contributed by atoms with Gasteiger partial charge < -0.3 is 9.05 Å². The van der Waals surface area contributed by atoms with E-state index < -0.39 is 0 Å². The van der Waals surface area contributed by atoms with E-state index in [0.29, 0.717) is 0 Å². The molecule has 0 saturated carbocycles. The quantitative estimate of drug-likeness (QED) is 0.177. The van der Waals surface area contributed by atoms with E-state index in [0.717, 1.165) is 0 Å². The minimum Gasteiger partial charge on any atom is -0.375 e. The predicted molar refractivity (Wildman–Crippen MR) is 153 cm³/mol. The van der Waals surface area contributed by atoms with Gasteiger partial charge in [0.1, 0.15) is 0 Å². The molecule has 2 nitrogen and oxygen atoms in total. The first-order chi connectivity index (χ1) is 17.8. The average molecular weight is 454 g/mol. The smallest absolute Gasteiger partial charge is 0.333 e. The van der Waals surface area contributed by atoms with Crippen molar-refractivity contribution in [1.29, 1.82) is 0 Å². The Morgan fingerprint density at radius 1 is 0.611 bits per heavy atom. The second kappa shape index (κ2) is 5.66. The molecule has 0 amide bonds. The molecule has 6 aromatic carbocycles. The SMILES string of the molecule is Cc1ccc2c3c1-c1cccc4c5ccccc5n(c14)B3c1ccc3ccc4cccc5c4c3c1n5-2. The van der Waals surface area contributed by atoms with E-state index in [2.05, 4.69) is 113 Å². The molecule has 2 aliphatic rings. The first-order valence-corrected chi connectivity index (χ1v) is 12.8. The number of fused-ring (bicyclic) bond motifs is 8. The number of nitrogens with zero attached hydrogens (tertiary/aromatic N) is 2. The number of para-hydroxylation sites is 2. The summed E-state index contributed by atoms with van der Waals surface area (Å²) in [6.45, 7) is 2.43. The van der Waals surface area contributed by atoms with Crippen molar-refractivity contribution >= 4 is 72.2 Å². The van der Waals surface area contributed by atoms with Gasteiger partial charge in [0, 0.05) is 43.8 Å². The maximum absolute atomic E-state index is 2.64. The van der Waals surface area contributed by atoms with Crippen molar-refractivity contribution in [2.45, 2.75) is 6.92 Å². The van der Waals surface area contributed by atoms with E-state index in [1.807, 2.05) is 0 Å². The second-order valence-corrected chi connectivity index (χ2v) is 10.6. The third-order valence-electron chi connectivity index (χ3n) is 8.97. The fourth-order valence-electron chi connectivity index (χ4n) is 7.68. The van der Waals surface area contributed by atoms with Crippen LogP contribution < -0.4 is 10.9 Å². The Hall–Kier alpha value is -4.50. The van der Waals surface area contributed by atoms with E-state index in [-0.39, 0.29) is 6.85 Å². The number of aryl methyl sites for hydroxylation is 1. The van der Waals surface area contributed by atoms with Gasteiger partial charge in [-0.05, 0) is 57.9 Å². The molecule has 0 radical (unpaired) electrons. The van der Waals surface area contributed by atoms with Crippen LogP contribution in [0.4, 0.5) is 0 Å². The Labute approximate surface area is 207 Å². The van der Waals surface area contributed by atoms with Crippen LogP contribution in [0.1, 0.15) is 5.56 Å². The van der Waals surface area contributed by atoms with Gasteiger partial charge in [-0.1, -0.05) is 78.9 Å². The highest BCUT2D eigenvalue weighted by molar-refractivity contribution is 6.90. The summed E-state index contributed by atoms with van der Waals surface area (Å²) in [4.78, 5) is 0. The molecule has 0 aliphatic carbocycles. The Kier molecular flexibility index (Phi) is 2.81. The molecule has 164 valence electrons. The zero-order valence-corrected chi connectivity index (χ0v) is 19.7. The number of benzene rings is 6. The van der Waals surface area contributed by atoms with E-state index >= 15 is 0 Å². The Balaban J connectivity index is 1.54. The van der Waals surface area contributed by atoms with Crippen LogP contribution in [0.25, 0.3) is 71.2 Å². The lowest BCUT2D eigenvalue weighted by Gasteiger charge is -2.34. The highest BCUT2D eigenvalue weighted by Gasteiger charge is 2.41. The fourth-order valence-corrected chi connectivity index (χ4v) is 7.68. The van der Waals surface area contributed by atoms with Crippen LogP contribution in [-0.4, -0.2) is 15.9 Å². The lowest BCUT2D eigenvalue weighted by molar-refractivity contribution is 1.17. The summed E-state index contributed by atoms with van der Waals surface area (Å²) < 4.78 is 5.20. The van der Waals surface area contributed by atoms with Crippen LogP contribution in [0.2, 0.25) is 0 Å². The fraction of sp³-hybridized carbons (Fsp3) is 0.0303. The molecule has 36 heavy (non-hydrogen) atoms. The second-order valence-electron chi connectivity index (χ2n) is 10.6. The van der Waals surface area contributed by atoms with Crippen molar-refractivity contribution in [1.82, 2.24) is 9.05 Å². The summed E-state index contributed by atoms with van der Waals surface area (Å²) in [5, 5.41) is 8.13. The molecule has 2 aromatic heterocycles. The molecular weight excluding hydrogens is 435 g/mol. The van der Waals surface area contributed by atoms with Crippen molar-refractivity contribution in [2.75, 3.05) is 0 Å². The molecule has 0 atom stereocenters. The largest absolute Gasteiger partial charge is 0.375 e. The van der Waals surface area contributed by atoms with Gasteiger partial charge in [0.15, 0.2) is 0 Å². The summed E-state index contributed by atoms with van der Waals surface area (Å²) >= 11 is 0. The molecule has 0 saturated heterocycles. The van der Waals surface area contributed by atoms with Crippen LogP contribution in [0, 0.1) is 6.92 Å². The molecule has 2 aliphatic heterocycles. The van der Waals surface area contributed by atoms with Crippen molar-refractivity contribution in [2.24, 2.45) is 0 Å².